The van der Waals surface area contributed by atoms with Gasteiger partial charge in [-0.05, 0) is 66.7 Å². The lowest BCUT2D eigenvalue weighted by atomic mass is 10.2. The van der Waals surface area contributed by atoms with E-state index in [1.807, 2.05) is 4.90 Å². The summed E-state index contributed by atoms with van der Waals surface area (Å²) in [5, 5.41) is 3.32. The van der Waals surface area contributed by atoms with Crippen molar-refractivity contribution in [3.8, 4) is 5.75 Å². The fourth-order valence-corrected chi connectivity index (χ4v) is 6.12. The smallest absolute Gasteiger partial charge is 0.295 e. The van der Waals surface area contributed by atoms with Gasteiger partial charge in [-0.1, -0.05) is 45.9 Å². The number of hydrogen-bond acceptors (Lipinski definition) is 7. The largest absolute Gasteiger partial charge is 0.363 e. The van der Waals surface area contributed by atoms with Crippen molar-refractivity contribution in [2.75, 3.05) is 42.5 Å². The Morgan fingerprint density at radius 1 is 0.907 bits per heavy atom. The number of piperazine rings is 1. The Hall–Kier alpha value is -4.16. The van der Waals surface area contributed by atoms with E-state index in [9.17, 15) is 18.0 Å². The number of rotatable bonds is 9. The number of para-hydroxylation sites is 1. The highest BCUT2D eigenvalue weighted by Gasteiger charge is 2.29. The van der Waals surface area contributed by atoms with Crippen molar-refractivity contribution in [2.45, 2.75) is 4.90 Å². The highest BCUT2D eigenvalue weighted by Crippen LogP contribution is 2.32. The molecule has 2 heterocycles. The second-order valence-electron chi connectivity index (χ2n) is 9.62. The van der Waals surface area contributed by atoms with Crippen LogP contribution in [0.3, 0.4) is 0 Å². The summed E-state index contributed by atoms with van der Waals surface area (Å²) in [6.45, 7) is 2.10. The minimum absolute atomic E-state index is 0.0811. The molecule has 13 heteroatoms. The highest BCUT2D eigenvalue weighted by atomic mass is 35.5. The molecule has 4 aromatic rings. The van der Waals surface area contributed by atoms with E-state index >= 15 is 0 Å². The number of sulfonamides is 1. The van der Waals surface area contributed by atoms with Crippen LogP contribution < -0.4 is 14.6 Å². The molecular formula is C30H27Cl2N5O5S. The van der Waals surface area contributed by atoms with Gasteiger partial charge in [0.05, 0.1) is 34.0 Å². The number of carbonyl (C=O) groups is 2. The second-order valence-corrected chi connectivity index (χ2v) is 12.2. The first-order chi connectivity index (χ1) is 20.7. The second kappa shape index (κ2) is 13.4. The van der Waals surface area contributed by atoms with Crippen LogP contribution in [0.25, 0.3) is 0 Å². The molecule has 1 aromatic heterocycles. The van der Waals surface area contributed by atoms with Crippen LogP contribution in [0.15, 0.2) is 102 Å². The van der Waals surface area contributed by atoms with Crippen LogP contribution in [0.5, 0.6) is 5.75 Å². The number of benzene rings is 3. The van der Waals surface area contributed by atoms with E-state index in [-0.39, 0.29) is 39.7 Å². The molecule has 1 aliphatic heterocycles. The molecule has 0 saturated carbocycles. The maximum absolute atomic E-state index is 13.7. The van der Waals surface area contributed by atoms with E-state index < -0.39 is 10.0 Å². The van der Waals surface area contributed by atoms with Gasteiger partial charge in [0, 0.05) is 43.0 Å². The predicted octanol–water partition coefficient (Wildman–Crippen LogP) is 4.97. The third-order valence-corrected chi connectivity index (χ3v) is 8.75. The Kier molecular flexibility index (Phi) is 9.46. The average molecular weight is 641 g/mol. The summed E-state index contributed by atoms with van der Waals surface area (Å²) in [4.78, 5) is 38.9. The summed E-state index contributed by atoms with van der Waals surface area (Å²) in [7, 11) is -4.24. The number of carbonyl (C=O) groups excluding carboxylic acids is 2. The number of nitrogens with zero attached hydrogens (tertiary/aromatic N) is 4. The highest BCUT2D eigenvalue weighted by molar-refractivity contribution is 7.92. The molecule has 0 unspecified atom stereocenters. The molecule has 1 N–H and O–H groups in total. The zero-order chi connectivity index (χ0) is 30.4. The van der Waals surface area contributed by atoms with Gasteiger partial charge in [-0.3, -0.25) is 19.5 Å². The molecule has 0 spiro atoms. The van der Waals surface area contributed by atoms with Gasteiger partial charge in [0.1, 0.15) is 0 Å². The normalized spacial score (nSPS) is 13.8. The van der Waals surface area contributed by atoms with Gasteiger partial charge in [-0.25, -0.2) is 0 Å². The van der Waals surface area contributed by atoms with Gasteiger partial charge in [0.15, 0.2) is 5.75 Å². The number of nitrogens with one attached hydrogen (secondary N) is 1. The van der Waals surface area contributed by atoms with Crippen molar-refractivity contribution >= 4 is 56.4 Å². The number of halogens is 2. The van der Waals surface area contributed by atoms with Crippen molar-refractivity contribution in [3.05, 3.63) is 113 Å². The first kappa shape index (κ1) is 30.3. The number of hydrogen-bond donors (Lipinski definition) is 1. The molecule has 1 fully saturated rings. The summed E-state index contributed by atoms with van der Waals surface area (Å²) in [6, 6.07) is 21.9. The SMILES string of the molecule is O=C(CN1CCN(C(=O)c2ccc(S(=O)(=O)N(Oc3ccc(Cl)cc3Cl)c3ccccc3)cc2)CC1)Nc1cccnc1. The number of amides is 2. The Morgan fingerprint density at radius 2 is 1.63 bits per heavy atom. The quantitative estimate of drug-likeness (QED) is 0.257. The Morgan fingerprint density at radius 3 is 2.28 bits per heavy atom. The number of anilines is 2. The van der Waals surface area contributed by atoms with Crippen LogP contribution >= 0.6 is 23.2 Å². The fraction of sp³-hybridized carbons (Fsp3) is 0.167. The summed E-state index contributed by atoms with van der Waals surface area (Å²) >= 11 is 12.2. The van der Waals surface area contributed by atoms with E-state index in [0.717, 1.165) is 4.47 Å². The van der Waals surface area contributed by atoms with Crippen molar-refractivity contribution in [1.29, 1.82) is 0 Å². The lowest BCUT2D eigenvalue weighted by molar-refractivity contribution is -0.117. The molecule has 43 heavy (non-hydrogen) atoms. The van der Waals surface area contributed by atoms with Crippen LogP contribution in [0.2, 0.25) is 10.0 Å². The standard InChI is InChI=1S/C30H27Cl2N5O5S/c31-23-10-13-28(27(32)19-23)42-37(25-6-2-1-3-7-25)43(40,41)26-11-8-22(9-12-26)30(39)36-17-15-35(16-18-36)21-29(38)34-24-5-4-14-33-20-24/h1-14,19-20H,15-18,21H2,(H,34,38). The Balaban J connectivity index is 1.24. The fourth-order valence-electron chi connectivity index (χ4n) is 4.43. The Bertz CT molecular complexity index is 1690. The Labute approximate surface area is 259 Å². The van der Waals surface area contributed by atoms with Crippen LogP contribution in [0.1, 0.15) is 10.4 Å². The molecular weight excluding hydrogens is 613 g/mol. The van der Waals surface area contributed by atoms with E-state index in [1.165, 1.54) is 42.5 Å². The molecule has 222 valence electrons. The summed E-state index contributed by atoms with van der Waals surface area (Å²) in [6.07, 6.45) is 3.21. The van der Waals surface area contributed by atoms with E-state index in [4.69, 9.17) is 28.0 Å². The lowest BCUT2D eigenvalue weighted by Crippen LogP contribution is -2.50. The molecule has 10 nitrogen and oxygen atoms in total. The van der Waals surface area contributed by atoms with Gasteiger partial charge in [0.2, 0.25) is 5.91 Å². The lowest BCUT2D eigenvalue weighted by Gasteiger charge is -2.34. The van der Waals surface area contributed by atoms with Gasteiger partial charge in [-0.2, -0.15) is 8.42 Å². The van der Waals surface area contributed by atoms with Crippen molar-refractivity contribution in [2.24, 2.45) is 0 Å². The molecule has 1 saturated heterocycles. The molecule has 1 aliphatic rings. The van der Waals surface area contributed by atoms with Gasteiger partial charge >= 0.3 is 0 Å². The maximum atomic E-state index is 13.7. The molecule has 0 atom stereocenters. The summed E-state index contributed by atoms with van der Waals surface area (Å²) in [5.74, 6) is -0.289. The minimum atomic E-state index is -4.24. The van der Waals surface area contributed by atoms with E-state index in [1.54, 1.807) is 59.8 Å². The molecule has 0 radical (unpaired) electrons. The zero-order valence-electron chi connectivity index (χ0n) is 22.8. The first-order valence-corrected chi connectivity index (χ1v) is 15.5. The zero-order valence-corrected chi connectivity index (χ0v) is 25.1. The molecule has 5 rings (SSSR count). The third-order valence-electron chi connectivity index (χ3n) is 6.63. The molecule has 3 aromatic carbocycles. The van der Waals surface area contributed by atoms with Crippen LogP contribution in [0, 0.1) is 0 Å². The third kappa shape index (κ3) is 7.44. The summed E-state index contributed by atoms with van der Waals surface area (Å²) < 4.78 is 28.2. The molecule has 0 aliphatic carbocycles. The monoisotopic (exact) mass is 639 g/mol. The maximum Gasteiger partial charge on any atom is 0.295 e. The number of pyridine rings is 1. The van der Waals surface area contributed by atoms with E-state index in [2.05, 4.69) is 10.3 Å². The summed E-state index contributed by atoms with van der Waals surface area (Å²) in [5.41, 5.74) is 1.22. The van der Waals surface area contributed by atoms with Gasteiger partial charge < -0.3 is 15.1 Å². The number of aromatic nitrogens is 1. The molecule has 0 bridgehead atoms. The van der Waals surface area contributed by atoms with Crippen LogP contribution in [0.4, 0.5) is 11.4 Å². The molecule has 2 amide bonds. The first-order valence-electron chi connectivity index (χ1n) is 13.3. The van der Waals surface area contributed by atoms with Gasteiger partial charge in [0.25, 0.3) is 15.9 Å². The topological polar surface area (TPSA) is 112 Å². The minimum Gasteiger partial charge on any atom is -0.363 e. The van der Waals surface area contributed by atoms with Crippen LogP contribution in [-0.2, 0) is 14.8 Å². The van der Waals surface area contributed by atoms with E-state index in [0.29, 0.717) is 42.5 Å². The van der Waals surface area contributed by atoms with Crippen LogP contribution in [-0.4, -0.2) is 67.7 Å². The average Bonchev–Trinajstić information content (AvgIpc) is 3.01. The van der Waals surface area contributed by atoms with Crippen molar-refractivity contribution < 1.29 is 22.8 Å². The predicted molar refractivity (Wildman–Crippen MR) is 165 cm³/mol. The van der Waals surface area contributed by atoms with Gasteiger partial charge in [-0.15, -0.1) is 0 Å². The van der Waals surface area contributed by atoms with Crippen molar-refractivity contribution in [3.63, 3.8) is 0 Å². The van der Waals surface area contributed by atoms with Crippen molar-refractivity contribution in [1.82, 2.24) is 14.8 Å².